The van der Waals surface area contributed by atoms with Gasteiger partial charge in [0.25, 0.3) is 5.91 Å². The van der Waals surface area contributed by atoms with Crippen molar-refractivity contribution in [1.82, 2.24) is 10.3 Å². The van der Waals surface area contributed by atoms with Gasteiger partial charge in [-0.2, -0.15) is 0 Å². The standard InChI is InChI=1S/C11H12N4OS/c12-7-1-2-8(9(13)5-7)11(16)15-6-10-14-3-4-17-10/h1-5H,6,12-13H2,(H,15,16). The van der Waals surface area contributed by atoms with E-state index < -0.39 is 0 Å². The molecule has 0 aliphatic carbocycles. The Kier molecular flexibility index (Phi) is 3.24. The molecule has 1 aromatic carbocycles. The number of benzene rings is 1. The lowest BCUT2D eigenvalue weighted by atomic mass is 10.1. The number of nitrogens with zero attached hydrogens (tertiary/aromatic N) is 1. The number of rotatable bonds is 3. The summed E-state index contributed by atoms with van der Waals surface area (Å²) in [5.74, 6) is -0.224. The Bertz CT molecular complexity index is 524. The second kappa shape index (κ2) is 4.84. The van der Waals surface area contributed by atoms with Crippen LogP contribution in [0.3, 0.4) is 0 Å². The number of thiazole rings is 1. The Morgan fingerprint density at radius 1 is 1.41 bits per heavy atom. The van der Waals surface area contributed by atoms with Crippen molar-refractivity contribution in [2.24, 2.45) is 0 Å². The van der Waals surface area contributed by atoms with E-state index in [0.717, 1.165) is 5.01 Å². The van der Waals surface area contributed by atoms with Crippen LogP contribution in [0.5, 0.6) is 0 Å². The van der Waals surface area contributed by atoms with Gasteiger partial charge in [0.2, 0.25) is 0 Å². The molecular formula is C11H12N4OS. The quantitative estimate of drug-likeness (QED) is 0.712. The molecule has 0 saturated heterocycles. The maximum absolute atomic E-state index is 11.8. The molecular weight excluding hydrogens is 236 g/mol. The SMILES string of the molecule is Nc1ccc(C(=O)NCc2nccs2)c(N)c1. The van der Waals surface area contributed by atoms with E-state index in [1.54, 1.807) is 24.4 Å². The smallest absolute Gasteiger partial charge is 0.253 e. The van der Waals surface area contributed by atoms with Crippen LogP contribution in [0, 0.1) is 0 Å². The summed E-state index contributed by atoms with van der Waals surface area (Å²) in [5.41, 5.74) is 12.6. The molecule has 88 valence electrons. The van der Waals surface area contributed by atoms with Gasteiger partial charge in [0.05, 0.1) is 12.1 Å². The first-order chi connectivity index (χ1) is 8.16. The average molecular weight is 248 g/mol. The third kappa shape index (κ3) is 2.73. The van der Waals surface area contributed by atoms with Crippen LogP contribution in [-0.2, 0) is 6.54 Å². The molecule has 5 N–H and O–H groups in total. The molecule has 1 aromatic heterocycles. The molecule has 1 heterocycles. The van der Waals surface area contributed by atoms with Crippen molar-refractivity contribution < 1.29 is 4.79 Å². The minimum atomic E-state index is -0.224. The number of nitrogens with one attached hydrogen (secondary N) is 1. The van der Waals surface area contributed by atoms with Crippen LogP contribution < -0.4 is 16.8 Å². The molecule has 1 amide bonds. The van der Waals surface area contributed by atoms with Crippen LogP contribution in [0.15, 0.2) is 29.8 Å². The molecule has 0 bridgehead atoms. The molecule has 6 heteroatoms. The van der Waals surface area contributed by atoms with Crippen molar-refractivity contribution in [3.8, 4) is 0 Å². The molecule has 0 atom stereocenters. The maximum atomic E-state index is 11.8. The van der Waals surface area contributed by atoms with E-state index in [9.17, 15) is 4.79 Å². The molecule has 0 radical (unpaired) electrons. The van der Waals surface area contributed by atoms with Gasteiger partial charge < -0.3 is 16.8 Å². The fourth-order valence-corrected chi connectivity index (χ4v) is 1.94. The normalized spacial score (nSPS) is 10.1. The average Bonchev–Trinajstić information content (AvgIpc) is 2.78. The van der Waals surface area contributed by atoms with Gasteiger partial charge in [-0.15, -0.1) is 11.3 Å². The van der Waals surface area contributed by atoms with Crippen LogP contribution >= 0.6 is 11.3 Å². The van der Waals surface area contributed by atoms with Gasteiger partial charge in [0.15, 0.2) is 0 Å². The third-order valence-corrected chi connectivity index (χ3v) is 2.98. The number of carbonyl (C=O) groups is 1. The second-order valence-electron chi connectivity index (χ2n) is 3.46. The van der Waals surface area contributed by atoms with E-state index in [2.05, 4.69) is 10.3 Å². The number of aromatic nitrogens is 1. The zero-order valence-corrected chi connectivity index (χ0v) is 9.83. The summed E-state index contributed by atoms with van der Waals surface area (Å²) in [4.78, 5) is 15.9. The van der Waals surface area contributed by atoms with Gasteiger partial charge in [-0.3, -0.25) is 4.79 Å². The maximum Gasteiger partial charge on any atom is 0.253 e. The molecule has 0 aliphatic heterocycles. The molecule has 17 heavy (non-hydrogen) atoms. The first kappa shape index (κ1) is 11.4. The lowest BCUT2D eigenvalue weighted by Crippen LogP contribution is -2.23. The number of anilines is 2. The molecule has 0 saturated carbocycles. The van der Waals surface area contributed by atoms with Crippen molar-refractivity contribution in [2.75, 3.05) is 11.5 Å². The van der Waals surface area contributed by atoms with E-state index >= 15 is 0 Å². The van der Waals surface area contributed by atoms with Crippen molar-refractivity contribution in [1.29, 1.82) is 0 Å². The predicted molar refractivity (Wildman–Crippen MR) is 68.6 cm³/mol. The molecule has 2 rings (SSSR count). The molecule has 0 fully saturated rings. The highest BCUT2D eigenvalue weighted by atomic mass is 32.1. The number of nitrogen functional groups attached to an aromatic ring is 2. The number of hydrogen-bond acceptors (Lipinski definition) is 5. The zero-order valence-electron chi connectivity index (χ0n) is 9.01. The molecule has 0 aliphatic rings. The van der Waals surface area contributed by atoms with E-state index in [4.69, 9.17) is 11.5 Å². The first-order valence-electron chi connectivity index (χ1n) is 4.98. The van der Waals surface area contributed by atoms with Gasteiger partial charge in [0, 0.05) is 23.0 Å². The van der Waals surface area contributed by atoms with Crippen molar-refractivity contribution in [3.63, 3.8) is 0 Å². The van der Waals surface area contributed by atoms with Crippen LogP contribution in [0.1, 0.15) is 15.4 Å². The molecule has 5 nitrogen and oxygen atoms in total. The van der Waals surface area contributed by atoms with E-state index in [0.29, 0.717) is 23.5 Å². The number of amides is 1. The second-order valence-corrected chi connectivity index (χ2v) is 4.43. The van der Waals surface area contributed by atoms with E-state index in [-0.39, 0.29) is 5.91 Å². The highest BCUT2D eigenvalue weighted by Gasteiger charge is 2.09. The Hall–Kier alpha value is -2.08. The fraction of sp³-hybridized carbons (Fsp3) is 0.0909. The molecule has 2 aromatic rings. The lowest BCUT2D eigenvalue weighted by Gasteiger charge is -2.06. The number of hydrogen-bond donors (Lipinski definition) is 3. The van der Waals surface area contributed by atoms with Gasteiger partial charge >= 0.3 is 0 Å². The van der Waals surface area contributed by atoms with Crippen LogP contribution in [-0.4, -0.2) is 10.9 Å². The molecule has 0 unspecified atom stereocenters. The minimum Gasteiger partial charge on any atom is -0.399 e. The Labute approximate surface area is 102 Å². The van der Waals surface area contributed by atoms with E-state index in [1.807, 2.05) is 5.38 Å². The zero-order chi connectivity index (χ0) is 12.3. The minimum absolute atomic E-state index is 0.224. The number of nitrogens with two attached hydrogens (primary N) is 2. The summed E-state index contributed by atoms with van der Waals surface area (Å²) in [5, 5.41) is 5.46. The highest BCUT2D eigenvalue weighted by molar-refractivity contribution is 7.09. The monoisotopic (exact) mass is 248 g/mol. The summed E-state index contributed by atoms with van der Waals surface area (Å²) >= 11 is 1.49. The van der Waals surface area contributed by atoms with Crippen molar-refractivity contribution in [2.45, 2.75) is 6.54 Å². The summed E-state index contributed by atoms with van der Waals surface area (Å²) in [6, 6.07) is 4.83. The van der Waals surface area contributed by atoms with Gasteiger partial charge in [0.1, 0.15) is 5.01 Å². The topological polar surface area (TPSA) is 94.0 Å². The third-order valence-electron chi connectivity index (χ3n) is 2.20. The summed E-state index contributed by atoms with van der Waals surface area (Å²) < 4.78 is 0. The number of carbonyl (C=O) groups excluding carboxylic acids is 1. The van der Waals surface area contributed by atoms with Crippen LogP contribution in [0.2, 0.25) is 0 Å². The van der Waals surface area contributed by atoms with Crippen LogP contribution in [0.4, 0.5) is 11.4 Å². The van der Waals surface area contributed by atoms with Gasteiger partial charge in [-0.05, 0) is 18.2 Å². The Balaban J connectivity index is 2.04. The summed E-state index contributed by atoms with van der Waals surface area (Å²) in [6.07, 6.45) is 1.70. The first-order valence-corrected chi connectivity index (χ1v) is 5.86. The molecule has 0 spiro atoms. The lowest BCUT2D eigenvalue weighted by molar-refractivity contribution is 0.0952. The summed E-state index contributed by atoms with van der Waals surface area (Å²) in [7, 11) is 0. The van der Waals surface area contributed by atoms with E-state index in [1.165, 1.54) is 11.3 Å². The Morgan fingerprint density at radius 2 is 2.24 bits per heavy atom. The largest absolute Gasteiger partial charge is 0.399 e. The highest BCUT2D eigenvalue weighted by Crippen LogP contribution is 2.15. The van der Waals surface area contributed by atoms with Crippen molar-refractivity contribution >= 4 is 28.6 Å². The Morgan fingerprint density at radius 3 is 2.88 bits per heavy atom. The predicted octanol–water partition coefficient (Wildman–Crippen LogP) is 1.24. The van der Waals surface area contributed by atoms with Crippen molar-refractivity contribution in [3.05, 3.63) is 40.3 Å². The fourth-order valence-electron chi connectivity index (χ4n) is 1.38. The van der Waals surface area contributed by atoms with Gasteiger partial charge in [-0.25, -0.2) is 4.98 Å². The van der Waals surface area contributed by atoms with Crippen LogP contribution in [0.25, 0.3) is 0 Å². The van der Waals surface area contributed by atoms with Gasteiger partial charge in [-0.1, -0.05) is 0 Å². The summed E-state index contributed by atoms with van der Waals surface area (Å²) in [6.45, 7) is 0.403.